The Morgan fingerprint density at radius 1 is 1.07 bits per heavy atom. The summed E-state index contributed by atoms with van der Waals surface area (Å²) in [5, 5.41) is 8.81. The van der Waals surface area contributed by atoms with E-state index >= 15 is 0 Å². The van der Waals surface area contributed by atoms with Gasteiger partial charge >= 0.3 is 0 Å². The van der Waals surface area contributed by atoms with E-state index in [1.807, 2.05) is 12.1 Å². The van der Waals surface area contributed by atoms with Crippen molar-refractivity contribution in [3.8, 4) is 0 Å². The summed E-state index contributed by atoms with van der Waals surface area (Å²) in [5.41, 5.74) is 2.64. The van der Waals surface area contributed by atoms with E-state index in [2.05, 4.69) is 28.1 Å². The largest absolute Gasteiger partial charge is 0.351 e. The van der Waals surface area contributed by atoms with Crippen LogP contribution in [0.5, 0.6) is 0 Å². The number of aryl methyl sites for hydroxylation is 1. The Morgan fingerprint density at radius 3 is 2.52 bits per heavy atom. The average molecular weight is 401 g/mol. The fraction of sp³-hybridized carbons (Fsp3) is 0.591. The van der Waals surface area contributed by atoms with Crippen LogP contribution in [0.4, 0.5) is 0 Å². The molecule has 1 saturated heterocycles. The van der Waals surface area contributed by atoms with Gasteiger partial charge in [-0.1, -0.05) is 24.3 Å². The lowest BCUT2D eigenvalue weighted by Gasteiger charge is -2.37. The summed E-state index contributed by atoms with van der Waals surface area (Å²) in [6.07, 6.45) is 4.05. The second-order valence-corrected chi connectivity index (χ2v) is 8.14. The molecule has 7 nitrogen and oxygen atoms in total. The molecule has 1 aliphatic heterocycles. The van der Waals surface area contributed by atoms with Gasteiger partial charge in [-0.15, -0.1) is 0 Å². The Morgan fingerprint density at radius 2 is 1.79 bits per heavy atom. The molecule has 3 amide bonds. The molecular weight excluding hydrogens is 368 g/mol. The van der Waals surface area contributed by atoms with E-state index in [-0.39, 0.29) is 29.8 Å². The number of benzene rings is 1. The van der Waals surface area contributed by atoms with Crippen LogP contribution in [0.1, 0.15) is 44.2 Å². The van der Waals surface area contributed by atoms with Gasteiger partial charge < -0.3 is 20.9 Å². The molecule has 1 aromatic carbocycles. The average Bonchev–Trinajstić information content (AvgIpc) is 2.73. The van der Waals surface area contributed by atoms with Crippen molar-refractivity contribution >= 4 is 17.7 Å². The zero-order valence-corrected chi connectivity index (χ0v) is 17.5. The summed E-state index contributed by atoms with van der Waals surface area (Å²) in [4.78, 5) is 39.5. The number of carbonyl (C=O) groups is 3. The lowest BCUT2D eigenvalue weighted by atomic mass is 9.88. The molecule has 2 unspecified atom stereocenters. The number of likely N-dealkylation sites (tertiary alicyclic amines) is 1. The van der Waals surface area contributed by atoms with Crippen molar-refractivity contribution in [3.63, 3.8) is 0 Å². The predicted molar refractivity (Wildman–Crippen MR) is 111 cm³/mol. The Bertz CT molecular complexity index is 766. The lowest BCUT2D eigenvalue weighted by Crippen LogP contribution is -2.59. The van der Waals surface area contributed by atoms with Crippen molar-refractivity contribution in [1.29, 1.82) is 0 Å². The molecule has 1 aromatic rings. The summed E-state index contributed by atoms with van der Waals surface area (Å²) in [6.45, 7) is 4.05. The Kier molecular flexibility index (Phi) is 6.90. The molecule has 1 fully saturated rings. The topological polar surface area (TPSA) is 90.5 Å². The maximum Gasteiger partial charge on any atom is 0.245 e. The summed E-state index contributed by atoms with van der Waals surface area (Å²) < 4.78 is 0. The van der Waals surface area contributed by atoms with E-state index in [1.54, 1.807) is 25.8 Å². The highest BCUT2D eigenvalue weighted by molar-refractivity contribution is 5.93. The van der Waals surface area contributed by atoms with Gasteiger partial charge in [-0.2, -0.15) is 0 Å². The van der Waals surface area contributed by atoms with Crippen LogP contribution < -0.4 is 16.0 Å². The molecule has 1 heterocycles. The van der Waals surface area contributed by atoms with Gasteiger partial charge in [0.1, 0.15) is 12.1 Å². The number of rotatable bonds is 6. The van der Waals surface area contributed by atoms with Gasteiger partial charge in [0.2, 0.25) is 17.7 Å². The van der Waals surface area contributed by atoms with Crippen LogP contribution in [-0.2, 0) is 27.2 Å². The number of hydrogen-bond donors (Lipinski definition) is 3. The first kappa shape index (κ1) is 21.3. The Hall–Kier alpha value is -2.41. The summed E-state index contributed by atoms with van der Waals surface area (Å²) >= 11 is 0. The molecule has 0 saturated carbocycles. The minimum atomic E-state index is -0.566. The molecule has 0 bridgehead atoms. The second kappa shape index (κ2) is 9.39. The molecular formula is C22H32N4O3. The Balaban J connectivity index is 1.57. The highest BCUT2D eigenvalue weighted by atomic mass is 16.2. The fourth-order valence-corrected chi connectivity index (χ4v) is 4.13. The molecule has 29 heavy (non-hydrogen) atoms. The number of nitrogens with one attached hydrogen (secondary N) is 3. The number of fused-ring (bicyclic) bond motifs is 1. The monoisotopic (exact) mass is 400 g/mol. The molecule has 0 spiro atoms. The first-order valence-electron chi connectivity index (χ1n) is 10.6. The van der Waals surface area contributed by atoms with E-state index in [9.17, 15) is 14.4 Å². The standard InChI is InChI=1S/C22H32N4O3/c1-14(23-3)20(27)25-19-9-6-12-26(22(19)29)15(2)21(28)24-18-11-10-16-7-4-5-8-17(16)13-18/h4-5,7-8,14-15,18-19,23H,6,9-13H2,1-3H3,(H,24,28)(H,25,27)/t14-,15-,18?,19?/m0/s1. The highest BCUT2D eigenvalue weighted by Gasteiger charge is 2.36. The van der Waals surface area contributed by atoms with Crippen LogP contribution in [0.2, 0.25) is 0 Å². The smallest absolute Gasteiger partial charge is 0.245 e. The maximum absolute atomic E-state index is 12.9. The van der Waals surface area contributed by atoms with E-state index < -0.39 is 12.1 Å². The van der Waals surface area contributed by atoms with Gasteiger partial charge in [0.25, 0.3) is 0 Å². The Labute approximate surface area is 172 Å². The van der Waals surface area contributed by atoms with Crippen LogP contribution in [-0.4, -0.2) is 60.4 Å². The molecule has 158 valence electrons. The lowest BCUT2D eigenvalue weighted by molar-refractivity contribution is -0.145. The van der Waals surface area contributed by atoms with Crippen LogP contribution >= 0.6 is 0 Å². The molecule has 1 aliphatic carbocycles. The van der Waals surface area contributed by atoms with Gasteiger partial charge in [0, 0.05) is 12.6 Å². The second-order valence-electron chi connectivity index (χ2n) is 8.14. The van der Waals surface area contributed by atoms with Crippen molar-refractivity contribution in [3.05, 3.63) is 35.4 Å². The first-order chi connectivity index (χ1) is 13.9. The van der Waals surface area contributed by atoms with Crippen LogP contribution in [0.25, 0.3) is 0 Å². The van der Waals surface area contributed by atoms with Gasteiger partial charge in [-0.05, 0) is 64.1 Å². The molecule has 3 rings (SSSR count). The zero-order valence-electron chi connectivity index (χ0n) is 17.5. The van der Waals surface area contributed by atoms with Crippen molar-refractivity contribution in [2.24, 2.45) is 0 Å². The number of piperidine rings is 1. The number of amides is 3. The number of likely N-dealkylation sites (N-methyl/N-ethyl adjacent to an activating group) is 1. The molecule has 7 heteroatoms. The zero-order chi connectivity index (χ0) is 21.0. The normalized spacial score (nSPS) is 23.7. The molecule has 2 aliphatic rings. The quantitative estimate of drug-likeness (QED) is 0.658. The third kappa shape index (κ3) is 4.96. The number of hydrogen-bond acceptors (Lipinski definition) is 4. The minimum Gasteiger partial charge on any atom is -0.351 e. The highest BCUT2D eigenvalue weighted by Crippen LogP contribution is 2.22. The van der Waals surface area contributed by atoms with Gasteiger partial charge in [0.15, 0.2) is 0 Å². The predicted octanol–water partition coefficient (Wildman–Crippen LogP) is 0.764. The van der Waals surface area contributed by atoms with Crippen molar-refractivity contribution < 1.29 is 14.4 Å². The molecule has 0 aromatic heterocycles. The van der Waals surface area contributed by atoms with E-state index in [0.29, 0.717) is 13.0 Å². The molecule has 4 atom stereocenters. The van der Waals surface area contributed by atoms with Gasteiger partial charge in [0.05, 0.1) is 6.04 Å². The molecule has 0 radical (unpaired) electrons. The number of nitrogens with zero attached hydrogens (tertiary/aromatic N) is 1. The summed E-state index contributed by atoms with van der Waals surface area (Å²) in [6, 6.07) is 6.94. The van der Waals surface area contributed by atoms with Gasteiger partial charge in [-0.25, -0.2) is 0 Å². The van der Waals surface area contributed by atoms with Crippen molar-refractivity contribution in [2.45, 2.75) is 70.1 Å². The molecule has 3 N–H and O–H groups in total. The van der Waals surface area contributed by atoms with E-state index in [4.69, 9.17) is 0 Å². The fourth-order valence-electron chi connectivity index (χ4n) is 4.13. The summed E-state index contributed by atoms with van der Waals surface area (Å²) in [7, 11) is 1.70. The minimum absolute atomic E-state index is 0.0896. The van der Waals surface area contributed by atoms with Crippen LogP contribution in [0.3, 0.4) is 0 Å². The van der Waals surface area contributed by atoms with Crippen LogP contribution in [0, 0.1) is 0 Å². The van der Waals surface area contributed by atoms with E-state index in [0.717, 1.165) is 25.7 Å². The third-order valence-electron chi connectivity index (χ3n) is 6.16. The SMILES string of the molecule is CN[C@@H](C)C(=O)NC1CCCN([C@@H](C)C(=O)NC2CCc3ccccc3C2)C1=O. The maximum atomic E-state index is 12.9. The third-order valence-corrected chi connectivity index (χ3v) is 6.16. The van der Waals surface area contributed by atoms with Crippen LogP contribution in [0.15, 0.2) is 24.3 Å². The first-order valence-corrected chi connectivity index (χ1v) is 10.6. The van der Waals surface area contributed by atoms with E-state index in [1.165, 1.54) is 11.1 Å². The van der Waals surface area contributed by atoms with Crippen molar-refractivity contribution in [2.75, 3.05) is 13.6 Å². The van der Waals surface area contributed by atoms with Gasteiger partial charge in [-0.3, -0.25) is 14.4 Å². The number of carbonyl (C=O) groups excluding carboxylic acids is 3. The summed E-state index contributed by atoms with van der Waals surface area (Å²) in [5.74, 6) is -0.506. The van der Waals surface area contributed by atoms with Crippen molar-refractivity contribution in [1.82, 2.24) is 20.9 Å².